The van der Waals surface area contributed by atoms with Crippen molar-refractivity contribution in [2.75, 3.05) is 0 Å². The normalized spacial score (nSPS) is 15.1. The van der Waals surface area contributed by atoms with E-state index < -0.39 is 0 Å². The molecular formula is C19H20N4O3S. The molecule has 0 amide bonds. The lowest BCUT2D eigenvalue weighted by atomic mass is 9.89. The van der Waals surface area contributed by atoms with E-state index in [2.05, 4.69) is 10.2 Å². The molecule has 0 aliphatic heterocycles. The van der Waals surface area contributed by atoms with Crippen LogP contribution in [0.3, 0.4) is 0 Å². The molecule has 1 saturated carbocycles. The summed E-state index contributed by atoms with van der Waals surface area (Å²) in [5.41, 5.74) is 1.68. The van der Waals surface area contributed by atoms with Gasteiger partial charge >= 0.3 is 0 Å². The quantitative estimate of drug-likeness (QED) is 0.333. The van der Waals surface area contributed by atoms with Crippen LogP contribution in [0.5, 0.6) is 0 Å². The summed E-state index contributed by atoms with van der Waals surface area (Å²) in [6.07, 6.45) is 9.66. The molecule has 1 aliphatic rings. The lowest BCUT2D eigenvalue weighted by Gasteiger charge is -2.17. The number of rotatable bonds is 6. The van der Waals surface area contributed by atoms with Crippen molar-refractivity contribution in [3.05, 3.63) is 64.3 Å². The zero-order valence-electron chi connectivity index (χ0n) is 14.8. The minimum atomic E-state index is -0.366. The number of hydrogen-bond acceptors (Lipinski definition) is 6. The van der Waals surface area contributed by atoms with Gasteiger partial charge in [-0.1, -0.05) is 31.0 Å². The summed E-state index contributed by atoms with van der Waals surface area (Å²) in [7, 11) is 0. The highest BCUT2D eigenvalue weighted by Gasteiger charge is 2.21. The van der Waals surface area contributed by atoms with Crippen molar-refractivity contribution in [3.8, 4) is 5.69 Å². The molecule has 0 bridgehead atoms. The minimum Gasteiger partial charge on any atom is -0.416 e. The number of hydrogen-bond donors (Lipinski definition) is 0. The third-order valence-corrected chi connectivity index (χ3v) is 5.70. The average molecular weight is 384 g/mol. The minimum absolute atomic E-state index is 0.0743. The maximum atomic E-state index is 11.3. The Hall–Kier alpha value is -2.61. The fourth-order valence-corrected chi connectivity index (χ4v) is 4.14. The number of nitrogens with zero attached hydrogens (tertiary/aromatic N) is 4. The molecule has 8 heteroatoms. The Kier molecular flexibility index (Phi) is 5.24. The van der Waals surface area contributed by atoms with Crippen molar-refractivity contribution in [2.24, 2.45) is 0 Å². The molecule has 1 aliphatic carbocycles. The molecule has 2 aromatic heterocycles. The molecule has 0 saturated heterocycles. The topological polar surface area (TPSA) is 87.0 Å². The molecule has 0 unspecified atom stereocenters. The second kappa shape index (κ2) is 7.96. The van der Waals surface area contributed by atoms with E-state index in [9.17, 15) is 10.1 Å². The molecule has 140 valence electrons. The van der Waals surface area contributed by atoms with Gasteiger partial charge in [-0.2, -0.15) is 0 Å². The number of aromatic nitrogens is 3. The number of benzene rings is 1. The van der Waals surface area contributed by atoms with Gasteiger partial charge in [-0.3, -0.25) is 10.1 Å². The fraction of sp³-hybridized carbons (Fsp3) is 0.368. The molecule has 7 nitrogen and oxygen atoms in total. The van der Waals surface area contributed by atoms with Crippen LogP contribution in [0.15, 0.2) is 52.4 Å². The maximum absolute atomic E-state index is 11.3. The lowest BCUT2D eigenvalue weighted by Crippen LogP contribution is -2.04. The summed E-state index contributed by atoms with van der Waals surface area (Å²) >= 11 is 1.41. The standard InChI is InChI=1S/C19H20N4O3S/c24-23(25)17-11-14(10-16(12-17)22-8-4-5-9-22)13-27-19-21-20-18(26-19)15-6-2-1-3-7-15/h4-5,8-12,15H,1-3,6-7,13H2. The molecule has 3 aromatic rings. The number of thioether (sulfide) groups is 1. The van der Waals surface area contributed by atoms with Crippen LogP contribution in [0, 0.1) is 10.1 Å². The van der Waals surface area contributed by atoms with Gasteiger partial charge in [0.15, 0.2) is 0 Å². The van der Waals surface area contributed by atoms with E-state index in [0.717, 1.165) is 30.0 Å². The van der Waals surface area contributed by atoms with Gasteiger partial charge in [0.25, 0.3) is 10.9 Å². The number of non-ortho nitro benzene ring substituents is 1. The smallest absolute Gasteiger partial charge is 0.276 e. The van der Waals surface area contributed by atoms with Gasteiger partial charge in [0.1, 0.15) is 0 Å². The maximum Gasteiger partial charge on any atom is 0.276 e. The van der Waals surface area contributed by atoms with Gasteiger partial charge < -0.3 is 8.98 Å². The molecule has 0 spiro atoms. The summed E-state index contributed by atoms with van der Waals surface area (Å²) in [5.74, 6) is 1.63. The highest BCUT2D eigenvalue weighted by atomic mass is 32.2. The average Bonchev–Trinajstić information content (AvgIpc) is 3.39. The zero-order valence-corrected chi connectivity index (χ0v) is 15.6. The predicted octanol–water partition coefficient (Wildman–Crippen LogP) is 5.11. The van der Waals surface area contributed by atoms with Crippen LogP contribution < -0.4 is 0 Å². The first kappa shape index (κ1) is 17.8. The first-order chi connectivity index (χ1) is 13.2. The monoisotopic (exact) mass is 384 g/mol. The van der Waals surface area contributed by atoms with E-state index in [-0.39, 0.29) is 10.6 Å². The summed E-state index contributed by atoms with van der Waals surface area (Å²) in [5, 5.41) is 20.1. The molecular weight excluding hydrogens is 364 g/mol. The Bertz CT molecular complexity index is 917. The van der Waals surface area contributed by atoms with Crippen molar-refractivity contribution in [1.82, 2.24) is 14.8 Å². The predicted molar refractivity (Wildman–Crippen MR) is 102 cm³/mol. The van der Waals surface area contributed by atoms with Gasteiger partial charge in [-0.15, -0.1) is 10.2 Å². The van der Waals surface area contributed by atoms with Gasteiger partial charge in [0, 0.05) is 36.2 Å². The summed E-state index contributed by atoms with van der Waals surface area (Å²) in [6.45, 7) is 0. The van der Waals surface area contributed by atoms with E-state index in [1.807, 2.05) is 35.2 Å². The van der Waals surface area contributed by atoms with Crippen LogP contribution in [0.25, 0.3) is 5.69 Å². The molecule has 1 aromatic carbocycles. The molecule has 0 N–H and O–H groups in total. The molecule has 0 radical (unpaired) electrons. The highest BCUT2D eigenvalue weighted by molar-refractivity contribution is 7.98. The van der Waals surface area contributed by atoms with Crippen LogP contribution in [0.2, 0.25) is 0 Å². The summed E-state index contributed by atoms with van der Waals surface area (Å²) < 4.78 is 7.68. The highest BCUT2D eigenvalue weighted by Crippen LogP contribution is 2.33. The van der Waals surface area contributed by atoms with Crippen molar-refractivity contribution < 1.29 is 9.34 Å². The Morgan fingerprint density at radius 2 is 1.93 bits per heavy atom. The van der Waals surface area contributed by atoms with E-state index in [1.165, 1.54) is 31.0 Å². The third kappa shape index (κ3) is 4.21. The number of nitro groups is 1. The second-order valence-electron chi connectivity index (χ2n) is 6.73. The lowest BCUT2D eigenvalue weighted by molar-refractivity contribution is -0.384. The first-order valence-electron chi connectivity index (χ1n) is 9.07. The van der Waals surface area contributed by atoms with Crippen LogP contribution in [0.4, 0.5) is 5.69 Å². The Balaban J connectivity index is 1.49. The Labute approximate surface area is 160 Å². The largest absolute Gasteiger partial charge is 0.416 e. The van der Waals surface area contributed by atoms with Crippen LogP contribution >= 0.6 is 11.8 Å². The van der Waals surface area contributed by atoms with Gasteiger partial charge in [0.2, 0.25) is 5.89 Å². The number of nitro benzene ring substituents is 1. The fourth-order valence-electron chi connectivity index (χ4n) is 3.44. The molecule has 27 heavy (non-hydrogen) atoms. The van der Waals surface area contributed by atoms with E-state index in [4.69, 9.17) is 4.42 Å². The molecule has 2 heterocycles. The van der Waals surface area contributed by atoms with Crippen molar-refractivity contribution in [3.63, 3.8) is 0 Å². The Morgan fingerprint density at radius 1 is 1.15 bits per heavy atom. The Morgan fingerprint density at radius 3 is 2.67 bits per heavy atom. The molecule has 0 atom stereocenters. The van der Waals surface area contributed by atoms with Crippen LogP contribution in [-0.2, 0) is 5.75 Å². The molecule has 4 rings (SSSR count). The van der Waals surface area contributed by atoms with Gasteiger partial charge in [-0.25, -0.2) is 0 Å². The summed E-state index contributed by atoms with van der Waals surface area (Å²) in [6, 6.07) is 8.88. The van der Waals surface area contributed by atoms with E-state index in [0.29, 0.717) is 16.9 Å². The van der Waals surface area contributed by atoms with Crippen LogP contribution in [-0.4, -0.2) is 19.7 Å². The molecule has 1 fully saturated rings. The van der Waals surface area contributed by atoms with Crippen LogP contribution in [0.1, 0.15) is 49.5 Å². The van der Waals surface area contributed by atoms with Gasteiger partial charge in [-0.05, 0) is 36.6 Å². The van der Waals surface area contributed by atoms with E-state index >= 15 is 0 Å². The third-order valence-electron chi connectivity index (χ3n) is 4.81. The first-order valence-corrected chi connectivity index (χ1v) is 10.1. The van der Waals surface area contributed by atoms with Crippen molar-refractivity contribution >= 4 is 17.4 Å². The van der Waals surface area contributed by atoms with E-state index in [1.54, 1.807) is 12.1 Å². The second-order valence-corrected chi connectivity index (χ2v) is 7.66. The van der Waals surface area contributed by atoms with Crippen molar-refractivity contribution in [2.45, 2.75) is 49.0 Å². The van der Waals surface area contributed by atoms with Gasteiger partial charge in [0.05, 0.1) is 10.6 Å². The zero-order chi connectivity index (χ0) is 18.6. The van der Waals surface area contributed by atoms with Crippen molar-refractivity contribution in [1.29, 1.82) is 0 Å². The summed E-state index contributed by atoms with van der Waals surface area (Å²) in [4.78, 5) is 10.9. The SMILES string of the molecule is O=[N+]([O-])c1cc(CSc2nnc(C3CCCCC3)o2)cc(-n2cccc2)c1.